The second-order valence-electron chi connectivity index (χ2n) is 13.8. The molecule has 1 unspecified atom stereocenters. The molecule has 1 aromatic carbocycles. The molecule has 3 amide bonds. The third-order valence-corrected chi connectivity index (χ3v) is 11.3. The fourth-order valence-electron chi connectivity index (χ4n) is 6.41. The lowest BCUT2D eigenvalue weighted by Crippen LogP contribution is -2.49. The predicted molar refractivity (Wildman–Crippen MR) is 170 cm³/mol. The molecule has 1 saturated heterocycles. The molecule has 0 bridgehead atoms. The Morgan fingerprint density at radius 2 is 1.93 bits per heavy atom. The molecule has 12 nitrogen and oxygen atoms in total. The van der Waals surface area contributed by atoms with Crippen molar-refractivity contribution in [2.45, 2.75) is 76.7 Å². The first-order valence-electron chi connectivity index (χ1n) is 15.5. The van der Waals surface area contributed by atoms with Gasteiger partial charge in [0.05, 0.1) is 36.3 Å². The third kappa shape index (κ3) is 6.74. The maximum absolute atomic E-state index is 14.1. The van der Waals surface area contributed by atoms with E-state index in [1.54, 1.807) is 25.4 Å². The Morgan fingerprint density at radius 3 is 2.52 bits per heavy atom. The number of primary amides is 1. The van der Waals surface area contributed by atoms with E-state index in [-0.39, 0.29) is 32.2 Å². The molecule has 2 aliphatic carbocycles. The van der Waals surface area contributed by atoms with Crippen LogP contribution in [0, 0.1) is 22.7 Å². The van der Waals surface area contributed by atoms with Crippen molar-refractivity contribution < 1.29 is 37.1 Å². The minimum Gasteiger partial charge on any atom is -0.497 e. The van der Waals surface area contributed by atoms with Crippen molar-refractivity contribution in [2.75, 3.05) is 13.7 Å². The molecular weight excluding hydrogens is 612 g/mol. The number of Topliss-reactive ketones (excluding diaryl/α,β-unsaturated/α-hetero) is 1. The van der Waals surface area contributed by atoms with Crippen molar-refractivity contribution in [2.24, 2.45) is 28.4 Å². The molecule has 46 heavy (non-hydrogen) atoms. The number of rotatable bonds is 13. The second-order valence-corrected chi connectivity index (χ2v) is 15.8. The summed E-state index contributed by atoms with van der Waals surface area (Å²) in [5.74, 6) is -2.40. The standard InChI is InChI=1S/C33H42N4O8S/c1-6-20-16-33(20,31(41)36-46(42,43)23-8-9-23)17-27(38)26-14-22(18-37(26)30(40)25(15-28(34)39)32(2,3)4)45-29-24-10-7-21(44-5)13-19(24)11-12-35-29/h6-7,10-13,20,22-23,25-26H,1,8-9,14-18H2,2-5H3,(H2,34,39)(H,36,41)/t20-,22?,25-,26+,33-/m1/s1. The first-order chi connectivity index (χ1) is 21.6. The first-order valence-corrected chi connectivity index (χ1v) is 17.0. The topological polar surface area (TPSA) is 175 Å². The Hall–Kier alpha value is -4.00. The Labute approximate surface area is 269 Å². The summed E-state index contributed by atoms with van der Waals surface area (Å²) in [6.45, 7) is 9.29. The Bertz CT molecular complexity index is 1680. The number of nitrogens with one attached hydrogen (secondary N) is 1. The highest BCUT2D eigenvalue weighted by Crippen LogP contribution is 2.57. The van der Waals surface area contributed by atoms with Crippen LogP contribution in [0.2, 0.25) is 0 Å². The summed E-state index contributed by atoms with van der Waals surface area (Å²) in [6, 6.07) is 6.28. The fraction of sp³-hybridized carbons (Fsp3) is 0.545. The predicted octanol–water partition coefficient (Wildman–Crippen LogP) is 2.89. The van der Waals surface area contributed by atoms with Crippen LogP contribution < -0.4 is 19.9 Å². The van der Waals surface area contributed by atoms with Crippen LogP contribution in [0.4, 0.5) is 0 Å². The highest BCUT2D eigenvalue weighted by atomic mass is 32.2. The summed E-state index contributed by atoms with van der Waals surface area (Å²) in [5.41, 5.74) is 3.60. The average Bonchev–Trinajstić information content (AvgIpc) is 3.91. The Balaban J connectivity index is 1.43. The van der Waals surface area contributed by atoms with Crippen molar-refractivity contribution in [3.05, 3.63) is 43.1 Å². The van der Waals surface area contributed by atoms with Crippen molar-refractivity contribution >= 4 is 44.3 Å². The first kappa shape index (κ1) is 33.4. The zero-order valence-corrected chi connectivity index (χ0v) is 27.5. The molecule has 13 heteroatoms. The van der Waals surface area contributed by atoms with Gasteiger partial charge in [-0.3, -0.25) is 23.9 Å². The van der Waals surface area contributed by atoms with E-state index in [0.29, 0.717) is 24.5 Å². The molecule has 2 saturated carbocycles. The highest BCUT2D eigenvalue weighted by molar-refractivity contribution is 7.90. The second kappa shape index (κ2) is 12.3. The number of aromatic nitrogens is 1. The van der Waals surface area contributed by atoms with E-state index in [1.165, 1.54) is 4.90 Å². The molecule has 2 heterocycles. The molecule has 2 aromatic rings. The number of benzene rings is 1. The van der Waals surface area contributed by atoms with Crippen molar-refractivity contribution in [1.29, 1.82) is 0 Å². The number of likely N-dealkylation sites (tertiary alicyclic amines) is 1. The largest absolute Gasteiger partial charge is 0.497 e. The minimum atomic E-state index is -3.83. The Kier molecular flexibility index (Phi) is 8.93. The smallest absolute Gasteiger partial charge is 0.240 e. The van der Waals surface area contributed by atoms with Crippen LogP contribution in [0.5, 0.6) is 11.6 Å². The summed E-state index contributed by atoms with van der Waals surface area (Å²) in [4.78, 5) is 59.5. The summed E-state index contributed by atoms with van der Waals surface area (Å²) in [5, 5.41) is 0.946. The lowest BCUT2D eigenvalue weighted by molar-refractivity contribution is -0.146. The summed E-state index contributed by atoms with van der Waals surface area (Å²) >= 11 is 0. The van der Waals surface area contributed by atoms with Gasteiger partial charge >= 0.3 is 0 Å². The molecule has 248 valence electrons. The van der Waals surface area contributed by atoms with E-state index < -0.39 is 73.6 Å². The number of hydrogen-bond donors (Lipinski definition) is 2. The van der Waals surface area contributed by atoms with E-state index in [0.717, 1.165) is 10.8 Å². The lowest BCUT2D eigenvalue weighted by Gasteiger charge is -2.34. The Morgan fingerprint density at radius 1 is 1.22 bits per heavy atom. The van der Waals surface area contributed by atoms with Crippen LogP contribution in [-0.4, -0.2) is 72.9 Å². The summed E-state index contributed by atoms with van der Waals surface area (Å²) < 4.78 is 39.1. The number of fused-ring (bicyclic) bond motifs is 1. The monoisotopic (exact) mass is 654 g/mol. The SMILES string of the molecule is C=C[C@@H]1C[C@]1(CC(=O)[C@@H]1CC(Oc2nccc3cc(OC)ccc23)CN1C(=O)[C@@H](CC(N)=O)C(C)(C)C)C(=O)NS(=O)(=O)C1CC1. The fourth-order valence-corrected chi connectivity index (χ4v) is 7.80. The van der Waals surface area contributed by atoms with E-state index >= 15 is 0 Å². The maximum atomic E-state index is 14.1. The van der Waals surface area contributed by atoms with E-state index in [1.807, 2.05) is 39.0 Å². The van der Waals surface area contributed by atoms with Crippen molar-refractivity contribution in [3.8, 4) is 11.6 Å². The number of ether oxygens (including phenoxy) is 2. The number of hydrogen-bond acceptors (Lipinski definition) is 9. The molecule has 3 fully saturated rings. The number of ketones is 1. The van der Waals surface area contributed by atoms with Gasteiger partial charge in [-0.15, -0.1) is 6.58 Å². The van der Waals surface area contributed by atoms with Crippen LogP contribution in [0.1, 0.15) is 59.3 Å². The molecule has 1 aliphatic heterocycles. The van der Waals surface area contributed by atoms with Gasteiger partial charge in [-0.05, 0) is 60.2 Å². The highest BCUT2D eigenvalue weighted by Gasteiger charge is 2.61. The summed E-state index contributed by atoms with van der Waals surface area (Å²) in [7, 11) is -2.26. The number of amides is 3. The van der Waals surface area contributed by atoms with Crippen LogP contribution in [0.15, 0.2) is 43.1 Å². The lowest BCUT2D eigenvalue weighted by atomic mass is 9.77. The van der Waals surface area contributed by atoms with Gasteiger partial charge in [0.25, 0.3) is 0 Å². The van der Waals surface area contributed by atoms with Crippen molar-refractivity contribution in [1.82, 2.24) is 14.6 Å². The number of pyridine rings is 1. The van der Waals surface area contributed by atoms with E-state index in [9.17, 15) is 27.6 Å². The normalized spacial score (nSPS) is 25.0. The molecule has 5 rings (SSSR count). The van der Waals surface area contributed by atoms with Gasteiger partial charge in [-0.1, -0.05) is 26.8 Å². The molecular formula is C33H42N4O8S. The average molecular weight is 655 g/mol. The van der Waals surface area contributed by atoms with Gasteiger partial charge < -0.3 is 20.1 Å². The minimum absolute atomic E-state index is 0.0367. The van der Waals surface area contributed by atoms with Crippen LogP contribution in [-0.2, 0) is 29.2 Å². The number of sulfonamides is 1. The van der Waals surface area contributed by atoms with Crippen LogP contribution in [0.25, 0.3) is 10.8 Å². The maximum Gasteiger partial charge on any atom is 0.240 e. The molecule has 1 aromatic heterocycles. The number of allylic oxidation sites excluding steroid dienone is 1. The van der Waals surface area contributed by atoms with E-state index in [4.69, 9.17) is 15.2 Å². The van der Waals surface area contributed by atoms with Crippen LogP contribution >= 0.6 is 0 Å². The molecule has 0 radical (unpaired) electrons. The van der Waals surface area contributed by atoms with Crippen LogP contribution in [0.3, 0.4) is 0 Å². The zero-order valence-electron chi connectivity index (χ0n) is 26.7. The summed E-state index contributed by atoms with van der Waals surface area (Å²) in [6.07, 6.45) is 3.39. The number of carbonyl (C=O) groups is 4. The molecule has 5 atom stereocenters. The number of methoxy groups -OCH3 is 1. The van der Waals surface area contributed by atoms with Gasteiger partial charge in [-0.25, -0.2) is 13.4 Å². The molecule has 0 spiro atoms. The van der Waals surface area contributed by atoms with Gasteiger partial charge in [0, 0.05) is 30.8 Å². The third-order valence-electron chi connectivity index (χ3n) is 9.44. The van der Waals surface area contributed by atoms with E-state index in [2.05, 4.69) is 16.3 Å². The number of carbonyl (C=O) groups excluding carboxylic acids is 4. The molecule has 3 N–H and O–H groups in total. The van der Waals surface area contributed by atoms with Gasteiger partial charge in [0.1, 0.15) is 11.9 Å². The van der Waals surface area contributed by atoms with Gasteiger partial charge in [0.2, 0.25) is 33.6 Å². The van der Waals surface area contributed by atoms with Gasteiger partial charge in [0.15, 0.2) is 5.78 Å². The zero-order chi connectivity index (χ0) is 33.6. The quantitative estimate of drug-likeness (QED) is 0.308. The molecule has 3 aliphatic rings. The van der Waals surface area contributed by atoms with Gasteiger partial charge in [-0.2, -0.15) is 0 Å². The number of nitrogens with two attached hydrogens (primary N) is 1. The number of nitrogens with zero attached hydrogens (tertiary/aromatic N) is 2. The van der Waals surface area contributed by atoms with Crippen molar-refractivity contribution in [3.63, 3.8) is 0 Å².